The first kappa shape index (κ1) is 57.6. The summed E-state index contributed by atoms with van der Waals surface area (Å²) in [4.78, 5) is 129. The number of primary amides is 1. The lowest BCUT2D eigenvalue weighted by molar-refractivity contribution is -0.143. The second-order valence-corrected chi connectivity index (χ2v) is 16.7. The van der Waals surface area contributed by atoms with Crippen molar-refractivity contribution >= 4 is 59.1 Å². The van der Waals surface area contributed by atoms with Gasteiger partial charge in [-0.05, 0) is 50.9 Å². The number of rotatable bonds is 28. The van der Waals surface area contributed by atoms with E-state index in [0.29, 0.717) is 19.3 Å². The highest BCUT2D eigenvalue weighted by atomic mass is 16.4. The standard InChI is InChI=1S/C40H72N10O13/c1-12-19(7)29(36(58)44-21(9)33(55)43-16-27(54)46-28(18(5)6)40(62)63)48-39(61)32(23(11)52)49-35(57)25(15-26(42)53)45-38(60)31(22(10)51)50-37(59)30(20(8)13-2)47-34(56)24(41)14-17(3)4/h17-25,28-32,51-52H,12-16,41H2,1-11H3,(H2,42,53)(H,43,55)(H,44,58)(H,45,60)(H,46,54)(H,47,56)(H,48,61)(H,49,57)(H,50,59)(H,62,63). The van der Waals surface area contributed by atoms with E-state index in [4.69, 9.17) is 11.5 Å². The van der Waals surface area contributed by atoms with Gasteiger partial charge < -0.3 is 69.3 Å². The molecule has 12 atom stereocenters. The summed E-state index contributed by atoms with van der Waals surface area (Å²) in [5, 5.41) is 49.3. The van der Waals surface area contributed by atoms with Crippen LogP contribution < -0.4 is 54.0 Å². The number of nitrogens with one attached hydrogen (secondary N) is 8. The predicted molar refractivity (Wildman–Crippen MR) is 228 cm³/mol. The van der Waals surface area contributed by atoms with E-state index < -0.39 is 150 Å². The lowest BCUT2D eigenvalue weighted by atomic mass is 9.96. The number of hydrogen-bond donors (Lipinski definition) is 13. The third-order valence-corrected chi connectivity index (χ3v) is 10.2. The fourth-order valence-corrected chi connectivity index (χ4v) is 5.93. The molecule has 23 nitrogen and oxygen atoms in total. The van der Waals surface area contributed by atoms with Gasteiger partial charge in [-0.1, -0.05) is 68.2 Å². The first-order valence-corrected chi connectivity index (χ1v) is 21.1. The van der Waals surface area contributed by atoms with E-state index in [-0.39, 0.29) is 5.92 Å². The van der Waals surface area contributed by atoms with E-state index in [1.165, 1.54) is 13.8 Å². The fraction of sp³-hybridized carbons (Fsp3) is 0.750. The number of carbonyl (C=O) groups excluding carboxylic acids is 9. The molecule has 15 N–H and O–H groups in total. The van der Waals surface area contributed by atoms with Crippen LogP contribution in [-0.4, -0.2) is 142 Å². The highest BCUT2D eigenvalue weighted by molar-refractivity contribution is 5.99. The fourth-order valence-electron chi connectivity index (χ4n) is 5.93. The van der Waals surface area contributed by atoms with Crippen molar-refractivity contribution in [3.63, 3.8) is 0 Å². The number of hydrogen-bond acceptors (Lipinski definition) is 13. The monoisotopic (exact) mass is 901 g/mol. The van der Waals surface area contributed by atoms with Crippen LogP contribution in [0.2, 0.25) is 0 Å². The number of carbonyl (C=O) groups is 10. The van der Waals surface area contributed by atoms with Crippen LogP contribution in [-0.2, 0) is 47.9 Å². The average Bonchev–Trinajstić information content (AvgIpc) is 3.18. The Hall–Kier alpha value is -5.42. The predicted octanol–water partition coefficient (Wildman–Crippen LogP) is -3.64. The third kappa shape index (κ3) is 20.1. The van der Waals surface area contributed by atoms with Crippen molar-refractivity contribution in [3.8, 4) is 0 Å². The molecule has 12 unspecified atom stereocenters. The van der Waals surface area contributed by atoms with E-state index in [9.17, 15) is 63.3 Å². The van der Waals surface area contributed by atoms with E-state index in [1.807, 2.05) is 13.8 Å². The Morgan fingerprint density at radius 3 is 1.35 bits per heavy atom. The van der Waals surface area contributed by atoms with Crippen LogP contribution in [0.5, 0.6) is 0 Å². The van der Waals surface area contributed by atoms with Crippen LogP contribution in [0.1, 0.15) is 102 Å². The Kier molecular flexibility index (Phi) is 25.2. The minimum Gasteiger partial charge on any atom is -0.480 e. The Morgan fingerprint density at radius 2 is 0.937 bits per heavy atom. The van der Waals surface area contributed by atoms with Crippen LogP contribution in [0.3, 0.4) is 0 Å². The molecule has 0 aliphatic carbocycles. The van der Waals surface area contributed by atoms with Crippen molar-refractivity contribution in [3.05, 3.63) is 0 Å². The summed E-state index contributed by atoms with van der Waals surface area (Å²) in [6.45, 7) is 16.6. The molecular weight excluding hydrogens is 828 g/mol. The lowest BCUT2D eigenvalue weighted by Gasteiger charge is -2.30. The molecule has 0 saturated heterocycles. The topological polar surface area (TPSA) is 380 Å². The van der Waals surface area contributed by atoms with Crippen LogP contribution >= 0.6 is 0 Å². The number of aliphatic hydroxyl groups is 2. The minimum absolute atomic E-state index is 0.0770. The molecule has 0 heterocycles. The molecule has 0 radical (unpaired) electrons. The number of carboxylic acids is 1. The van der Waals surface area contributed by atoms with Gasteiger partial charge in [-0.25, -0.2) is 4.79 Å². The summed E-state index contributed by atoms with van der Waals surface area (Å²) in [6.07, 6.45) is -3.01. The third-order valence-electron chi connectivity index (χ3n) is 10.2. The number of amides is 9. The summed E-state index contributed by atoms with van der Waals surface area (Å²) in [6, 6.07) is -11.3. The maximum Gasteiger partial charge on any atom is 0.326 e. The minimum atomic E-state index is -1.82. The molecule has 0 saturated carbocycles. The van der Waals surface area contributed by atoms with Gasteiger partial charge in [0.25, 0.3) is 0 Å². The summed E-state index contributed by atoms with van der Waals surface area (Å²) >= 11 is 0. The van der Waals surface area contributed by atoms with Gasteiger partial charge >= 0.3 is 5.97 Å². The second-order valence-electron chi connectivity index (χ2n) is 16.7. The summed E-state index contributed by atoms with van der Waals surface area (Å²) < 4.78 is 0. The van der Waals surface area contributed by atoms with Crippen LogP contribution in [0, 0.1) is 23.7 Å². The molecule has 63 heavy (non-hydrogen) atoms. The average molecular weight is 901 g/mol. The zero-order chi connectivity index (χ0) is 49.0. The van der Waals surface area contributed by atoms with Crippen molar-refractivity contribution < 1.29 is 63.3 Å². The molecule has 360 valence electrons. The normalized spacial score (nSPS) is 17.0. The number of aliphatic carboxylic acids is 1. The molecule has 0 aromatic carbocycles. The van der Waals surface area contributed by atoms with Gasteiger partial charge in [-0.2, -0.15) is 0 Å². The Labute approximate surface area is 368 Å². The highest BCUT2D eigenvalue weighted by Gasteiger charge is 2.38. The van der Waals surface area contributed by atoms with Crippen molar-refractivity contribution in [1.29, 1.82) is 0 Å². The van der Waals surface area contributed by atoms with Gasteiger partial charge in [0.05, 0.1) is 31.2 Å². The first-order valence-electron chi connectivity index (χ1n) is 21.1. The van der Waals surface area contributed by atoms with E-state index >= 15 is 0 Å². The summed E-state index contributed by atoms with van der Waals surface area (Å²) in [7, 11) is 0. The Morgan fingerprint density at radius 1 is 0.524 bits per heavy atom. The molecule has 0 aliphatic rings. The van der Waals surface area contributed by atoms with Gasteiger partial charge in [0.15, 0.2) is 0 Å². The van der Waals surface area contributed by atoms with Crippen molar-refractivity contribution in [2.45, 2.75) is 162 Å². The SMILES string of the molecule is CCC(C)C(NC(=O)C(N)CC(C)C)C(=O)NC(C(=O)NC(CC(N)=O)C(=O)NC(C(=O)NC(C(=O)NC(C)C(=O)NCC(=O)NC(C(=O)O)C(C)C)C(C)CC)C(C)O)C(C)O. The van der Waals surface area contributed by atoms with Crippen LogP contribution in [0.4, 0.5) is 0 Å². The Balaban J connectivity index is 6.12. The van der Waals surface area contributed by atoms with E-state index in [0.717, 1.165) is 6.92 Å². The molecule has 0 bridgehead atoms. The quantitative estimate of drug-likeness (QED) is 0.0361. The summed E-state index contributed by atoms with van der Waals surface area (Å²) in [5.41, 5.74) is 11.4. The summed E-state index contributed by atoms with van der Waals surface area (Å²) in [5.74, 6) is -11.1. The number of carboxylic acid groups (broad SMARTS) is 1. The number of nitrogens with two attached hydrogens (primary N) is 2. The zero-order valence-electron chi connectivity index (χ0n) is 38.2. The zero-order valence-corrected chi connectivity index (χ0v) is 38.2. The van der Waals surface area contributed by atoms with Gasteiger partial charge in [0, 0.05) is 0 Å². The van der Waals surface area contributed by atoms with Gasteiger partial charge in [0.1, 0.15) is 42.3 Å². The lowest BCUT2D eigenvalue weighted by Crippen LogP contribution is -2.63. The maximum absolute atomic E-state index is 13.6. The molecule has 0 fully saturated rings. The molecular formula is C40H72N10O13. The van der Waals surface area contributed by atoms with Crippen LogP contribution in [0.15, 0.2) is 0 Å². The van der Waals surface area contributed by atoms with Crippen molar-refractivity contribution in [2.75, 3.05) is 6.54 Å². The molecule has 23 heteroatoms. The van der Waals surface area contributed by atoms with E-state index in [2.05, 4.69) is 42.5 Å². The molecule has 0 aromatic rings. The van der Waals surface area contributed by atoms with E-state index in [1.54, 1.807) is 41.5 Å². The van der Waals surface area contributed by atoms with Crippen LogP contribution in [0.25, 0.3) is 0 Å². The largest absolute Gasteiger partial charge is 0.480 e. The van der Waals surface area contributed by atoms with Crippen molar-refractivity contribution in [2.24, 2.45) is 35.1 Å². The molecule has 0 spiro atoms. The highest BCUT2D eigenvalue weighted by Crippen LogP contribution is 2.13. The number of aliphatic hydroxyl groups excluding tert-OH is 2. The molecule has 0 aromatic heterocycles. The Bertz CT molecular complexity index is 1610. The van der Waals surface area contributed by atoms with Crippen molar-refractivity contribution in [1.82, 2.24) is 42.5 Å². The molecule has 0 rings (SSSR count). The van der Waals surface area contributed by atoms with Gasteiger partial charge in [-0.15, -0.1) is 0 Å². The van der Waals surface area contributed by atoms with Gasteiger partial charge in [-0.3, -0.25) is 43.2 Å². The molecule has 9 amide bonds. The van der Waals surface area contributed by atoms with Gasteiger partial charge in [0.2, 0.25) is 53.2 Å². The molecule has 0 aliphatic heterocycles. The first-order chi connectivity index (χ1) is 29.1. The smallest absolute Gasteiger partial charge is 0.326 e. The maximum atomic E-state index is 13.6. The second kappa shape index (κ2) is 27.6.